The van der Waals surface area contributed by atoms with Crippen LogP contribution in [-0.4, -0.2) is 18.2 Å². The van der Waals surface area contributed by atoms with E-state index < -0.39 is 10.0 Å². The van der Waals surface area contributed by atoms with Gasteiger partial charge in [-0.2, -0.15) is 5.10 Å². The zero-order chi connectivity index (χ0) is 15.0. The van der Waals surface area contributed by atoms with Gasteiger partial charge in [0.05, 0.1) is 17.1 Å². The minimum atomic E-state index is -3.50. The van der Waals surface area contributed by atoms with Gasteiger partial charge in [0.1, 0.15) is 0 Å². The zero-order valence-electron chi connectivity index (χ0n) is 12.2. The summed E-state index contributed by atoms with van der Waals surface area (Å²) < 4.78 is 29.6. The molecule has 1 aliphatic carbocycles. The number of hydrogen-bond acceptors (Lipinski definition) is 3. The second-order valence-electron chi connectivity index (χ2n) is 5.55. The monoisotopic (exact) mass is 305 g/mol. The first-order chi connectivity index (χ1) is 9.97. The molecule has 21 heavy (non-hydrogen) atoms. The minimum absolute atomic E-state index is 0.186. The molecule has 0 unspecified atom stereocenters. The quantitative estimate of drug-likeness (QED) is 0.944. The molecule has 0 radical (unpaired) electrons. The van der Waals surface area contributed by atoms with Gasteiger partial charge in [0.2, 0.25) is 10.0 Å². The van der Waals surface area contributed by atoms with E-state index in [4.69, 9.17) is 0 Å². The second-order valence-corrected chi connectivity index (χ2v) is 7.26. The van der Waals surface area contributed by atoms with Crippen LogP contribution in [0, 0.1) is 6.92 Å². The first kappa shape index (κ1) is 14.3. The van der Waals surface area contributed by atoms with Gasteiger partial charge < -0.3 is 0 Å². The Morgan fingerprint density at radius 1 is 1.29 bits per heavy atom. The highest BCUT2D eigenvalue weighted by Gasteiger charge is 2.27. The van der Waals surface area contributed by atoms with Crippen LogP contribution in [0.2, 0.25) is 0 Å². The summed E-state index contributed by atoms with van der Waals surface area (Å²) in [6, 6.07) is 6.72. The van der Waals surface area contributed by atoms with Crippen LogP contribution >= 0.6 is 0 Å². The van der Waals surface area contributed by atoms with Crippen molar-refractivity contribution < 1.29 is 8.42 Å². The van der Waals surface area contributed by atoms with Gasteiger partial charge in [0.15, 0.2) is 0 Å². The Labute approximate surface area is 125 Å². The maximum absolute atomic E-state index is 12.5. The number of fused-ring (bicyclic) bond motifs is 1. The highest BCUT2D eigenvalue weighted by molar-refractivity contribution is 7.89. The molecule has 1 N–H and O–H groups in total. The van der Waals surface area contributed by atoms with Crippen molar-refractivity contribution in [1.82, 2.24) is 14.5 Å². The van der Waals surface area contributed by atoms with Crippen LogP contribution in [0.5, 0.6) is 0 Å². The van der Waals surface area contributed by atoms with Crippen molar-refractivity contribution in [3.05, 3.63) is 47.3 Å². The van der Waals surface area contributed by atoms with E-state index in [9.17, 15) is 8.42 Å². The lowest BCUT2D eigenvalue weighted by Crippen LogP contribution is -2.31. The molecule has 2 aromatic rings. The van der Waals surface area contributed by atoms with Crippen LogP contribution in [-0.2, 0) is 23.5 Å². The Hall–Kier alpha value is -1.66. The van der Waals surface area contributed by atoms with E-state index in [0.29, 0.717) is 4.90 Å². The summed E-state index contributed by atoms with van der Waals surface area (Å²) in [5, 5.41) is 4.24. The van der Waals surface area contributed by atoms with Crippen LogP contribution < -0.4 is 4.72 Å². The largest absolute Gasteiger partial charge is 0.272 e. The van der Waals surface area contributed by atoms with Crippen LogP contribution in [0.4, 0.5) is 0 Å². The average molecular weight is 305 g/mol. The summed E-state index contributed by atoms with van der Waals surface area (Å²) in [5.41, 5.74) is 3.17. The first-order valence-electron chi connectivity index (χ1n) is 7.07. The third kappa shape index (κ3) is 2.73. The van der Waals surface area contributed by atoms with Crippen molar-refractivity contribution in [2.24, 2.45) is 7.05 Å². The summed E-state index contributed by atoms with van der Waals surface area (Å²) in [6.07, 6.45) is 4.50. The highest BCUT2D eigenvalue weighted by Crippen LogP contribution is 2.30. The molecule has 0 spiro atoms. The normalized spacial score (nSPS) is 18.5. The van der Waals surface area contributed by atoms with Crippen LogP contribution in [0.1, 0.15) is 35.7 Å². The van der Waals surface area contributed by atoms with Gasteiger partial charge >= 0.3 is 0 Å². The smallest absolute Gasteiger partial charge is 0.241 e. The molecule has 112 valence electrons. The van der Waals surface area contributed by atoms with Gasteiger partial charge in [0.25, 0.3) is 0 Å². The molecule has 3 rings (SSSR count). The summed E-state index contributed by atoms with van der Waals surface area (Å²) in [6.45, 7) is 1.94. The molecular formula is C15H19N3O2S. The van der Waals surface area contributed by atoms with Crippen LogP contribution in [0.3, 0.4) is 0 Å². The van der Waals surface area contributed by atoms with E-state index in [1.54, 1.807) is 18.3 Å². The minimum Gasteiger partial charge on any atom is -0.272 e. The van der Waals surface area contributed by atoms with E-state index in [1.165, 1.54) is 0 Å². The molecule has 0 fully saturated rings. The highest BCUT2D eigenvalue weighted by atomic mass is 32.2. The van der Waals surface area contributed by atoms with Crippen molar-refractivity contribution in [2.75, 3.05) is 0 Å². The van der Waals surface area contributed by atoms with E-state index in [1.807, 2.05) is 30.8 Å². The third-order valence-corrected chi connectivity index (χ3v) is 5.49. The molecule has 1 aliphatic rings. The second kappa shape index (κ2) is 5.27. The molecule has 1 aromatic carbocycles. The fourth-order valence-electron chi connectivity index (χ4n) is 2.80. The molecule has 0 amide bonds. The van der Waals surface area contributed by atoms with E-state index in [2.05, 4.69) is 9.82 Å². The fourth-order valence-corrected chi connectivity index (χ4v) is 4.05. The Morgan fingerprint density at radius 2 is 2.00 bits per heavy atom. The third-order valence-electron chi connectivity index (χ3n) is 4.00. The lowest BCUT2D eigenvalue weighted by atomic mass is 9.94. The molecule has 0 saturated heterocycles. The SMILES string of the molecule is Cc1ccc(S(=O)(=O)N[C@@H]2CCCc3c2cnn3C)cc1. The lowest BCUT2D eigenvalue weighted by molar-refractivity contribution is 0.498. The first-order valence-corrected chi connectivity index (χ1v) is 8.55. The van der Waals surface area contributed by atoms with Crippen molar-refractivity contribution in [2.45, 2.75) is 37.1 Å². The van der Waals surface area contributed by atoms with Crippen molar-refractivity contribution in [3.63, 3.8) is 0 Å². The standard InChI is InChI=1S/C15H19N3O2S/c1-11-6-8-12(9-7-11)21(19,20)17-14-4-3-5-15-13(14)10-16-18(15)2/h6-10,14,17H,3-5H2,1-2H3/t14-/m1/s1. The molecule has 0 aliphatic heterocycles. The number of rotatable bonds is 3. The number of hydrogen-bond donors (Lipinski definition) is 1. The van der Waals surface area contributed by atoms with E-state index in [-0.39, 0.29) is 6.04 Å². The van der Waals surface area contributed by atoms with E-state index >= 15 is 0 Å². The van der Waals surface area contributed by atoms with Crippen molar-refractivity contribution in [1.29, 1.82) is 0 Å². The van der Waals surface area contributed by atoms with Gasteiger partial charge in [-0.15, -0.1) is 0 Å². The number of aromatic nitrogens is 2. The molecule has 6 heteroatoms. The molecule has 1 heterocycles. The number of benzene rings is 1. The Kier molecular flexibility index (Phi) is 3.59. The van der Waals surface area contributed by atoms with Crippen molar-refractivity contribution in [3.8, 4) is 0 Å². The Balaban J connectivity index is 1.88. The maximum atomic E-state index is 12.5. The number of sulfonamides is 1. The molecule has 1 atom stereocenters. The van der Waals surface area contributed by atoms with Gasteiger partial charge in [-0.3, -0.25) is 4.68 Å². The van der Waals surface area contributed by atoms with Crippen molar-refractivity contribution >= 4 is 10.0 Å². The van der Waals surface area contributed by atoms with Gasteiger partial charge in [-0.25, -0.2) is 13.1 Å². The lowest BCUT2D eigenvalue weighted by Gasteiger charge is -2.23. The average Bonchev–Trinajstić information content (AvgIpc) is 2.82. The maximum Gasteiger partial charge on any atom is 0.241 e. The fraction of sp³-hybridized carbons (Fsp3) is 0.400. The van der Waals surface area contributed by atoms with Gasteiger partial charge in [0, 0.05) is 18.3 Å². The summed E-state index contributed by atoms with van der Waals surface area (Å²) in [4.78, 5) is 0.309. The molecule has 0 saturated carbocycles. The number of nitrogens with one attached hydrogen (secondary N) is 1. The molecule has 5 nitrogen and oxygen atoms in total. The van der Waals surface area contributed by atoms with Gasteiger partial charge in [-0.1, -0.05) is 17.7 Å². The Bertz CT molecular complexity index is 748. The predicted octanol–water partition coefficient (Wildman–Crippen LogP) is 2.08. The van der Waals surface area contributed by atoms with Crippen LogP contribution in [0.15, 0.2) is 35.4 Å². The molecule has 1 aromatic heterocycles. The summed E-state index contributed by atoms with van der Waals surface area (Å²) in [5.74, 6) is 0. The molecule has 0 bridgehead atoms. The summed E-state index contributed by atoms with van der Waals surface area (Å²) in [7, 11) is -1.60. The number of aryl methyl sites for hydroxylation is 2. The predicted molar refractivity (Wildman–Crippen MR) is 80.4 cm³/mol. The summed E-state index contributed by atoms with van der Waals surface area (Å²) >= 11 is 0. The topological polar surface area (TPSA) is 64.0 Å². The Morgan fingerprint density at radius 3 is 2.71 bits per heavy atom. The molecular weight excluding hydrogens is 286 g/mol. The van der Waals surface area contributed by atoms with Crippen LogP contribution in [0.25, 0.3) is 0 Å². The van der Waals surface area contributed by atoms with E-state index in [0.717, 1.165) is 36.1 Å². The van der Waals surface area contributed by atoms with Gasteiger partial charge in [-0.05, 0) is 38.3 Å². The zero-order valence-corrected chi connectivity index (χ0v) is 13.0. The number of nitrogens with zero attached hydrogens (tertiary/aromatic N) is 2.